The van der Waals surface area contributed by atoms with Crippen LogP contribution in [0.5, 0.6) is 0 Å². The fraction of sp³-hybridized carbons (Fsp3) is 0.800. The van der Waals surface area contributed by atoms with E-state index in [9.17, 15) is 19.2 Å². The molecule has 0 aromatic rings. The van der Waals surface area contributed by atoms with Crippen molar-refractivity contribution in [3.63, 3.8) is 0 Å². The number of nitrogens with two attached hydrogens (primary N) is 1. The van der Waals surface area contributed by atoms with E-state index in [1.165, 1.54) is 0 Å². The summed E-state index contributed by atoms with van der Waals surface area (Å²) in [7, 11) is 0. The summed E-state index contributed by atoms with van der Waals surface area (Å²) in [6, 6.07) is -3.68. The highest BCUT2D eigenvalue weighted by Gasteiger charge is 2.30. The standard InChI is InChI=1S/C20H38N4O5S2/c1-11(2)8-14(22-17(25)13(21)6-7-31-5)18(26)23-15(9-12(3)4)19(27)24-16(10-30)20(28)29/h11-16,30H,6-10,21H2,1-5H3,(H,22,25)(H,23,26)(H,24,27)(H,28,29). The minimum absolute atomic E-state index is 0.0634. The van der Waals surface area contributed by atoms with Gasteiger partial charge in [0.2, 0.25) is 17.7 Å². The van der Waals surface area contributed by atoms with Crippen LogP contribution >= 0.6 is 24.4 Å². The van der Waals surface area contributed by atoms with Gasteiger partial charge in [-0.2, -0.15) is 24.4 Å². The van der Waals surface area contributed by atoms with Gasteiger partial charge >= 0.3 is 5.97 Å². The highest BCUT2D eigenvalue weighted by Crippen LogP contribution is 2.10. The fourth-order valence-corrected chi connectivity index (χ4v) is 3.53. The zero-order chi connectivity index (χ0) is 24.1. The van der Waals surface area contributed by atoms with Crippen LogP contribution < -0.4 is 21.7 Å². The molecule has 0 aromatic heterocycles. The van der Waals surface area contributed by atoms with Gasteiger partial charge < -0.3 is 26.8 Å². The number of rotatable bonds is 15. The largest absolute Gasteiger partial charge is 0.480 e. The van der Waals surface area contributed by atoms with Gasteiger partial charge in [-0.1, -0.05) is 27.7 Å². The molecule has 0 radical (unpaired) electrons. The second kappa shape index (κ2) is 15.4. The lowest BCUT2D eigenvalue weighted by Gasteiger charge is -2.26. The predicted molar refractivity (Wildman–Crippen MR) is 127 cm³/mol. The Morgan fingerprint density at radius 3 is 1.65 bits per heavy atom. The number of nitrogens with one attached hydrogen (secondary N) is 3. The van der Waals surface area contributed by atoms with Crippen LogP contribution in [0, 0.1) is 11.8 Å². The van der Waals surface area contributed by atoms with Crippen molar-refractivity contribution in [2.24, 2.45) is 17.6 Å². The number of carboxylic acid groups (broad SMARTS) is 1. The van der Waals surface area contributed by atoms with Gasteiger partial charge in [0.25, 0.3) is 0 Å². The third-order valence-corrected chi connectivity index (χ3v) is 5.46. The molecule has 0 rings (SSSR count). The first-order valence-electron chi connectivity index (χ1n) is 10.4. The number of hydrogen-bond donors (Lipinski definition) is 6. The number of carbonyl (C=O) groups is 4. The molecule has 4 atom stereocenters. The maximum atomic E-state index is 13.0. The molecule has 0 aliphatic rings. The molecular weight excluding hydrogens is 440 g/mol. The van der Waals surface area contributed by atoms with Crippen molar-refractivity contribution >= 4 is 48.1 Å². The van der Waals surface area contributed by atoms with E-state index < -0.39 is 47.9 Å². The Balaban J connectivity index is 5.36. The van der Waals surface area contributed by atoms with Crippen LogP contribution in [0.1, 0.15) is 47.0 Å². The van der Waals surface area contributed by atoms with Crippen LogP contribution in [0.25, 0.3) is 0 Å². The van der Waals surface area contributed by atoms with Crippen LogP contribution in [0.2, 0.25) is 0 Å². The lowest BCUT2D eigenvalue weighted by molar-refractivity contribution is -0.141. The van der Waals surface area contributed by atoms with Crippen molar-refractivity contribution in [1.29, 1.82) is 0 Å². The number of amides is 3. The molecule has 0 fully saturated rings. The fourth-order valence-electron chi connectivity index (χ4n) is 2.79. The van der Waals surface area contributed by atoms with E-state index in [4.69, 9.17) is 10.8 Å². The van der Waals surface area contributed by atoms with E-state index in [2.05, 4.69) is 28.6 Å². The summed E-state index contributed by atoms with van der Waals surface area (Å²) in [6.45, 7) is 7.61. The molecule has 0 saturated heterocycles. The Labute approximate surface area is 194 Å². The molecule has 6 N–H and O–H groups in total. The molecule has 180 valence electrons. The third kappa shape index (κ3) is 12.2. The van der Waals surface area contributed by atoms with Gasteiger partial charge in [0.15, 0.2) is 0 Å². The minimum atomic E-state index is -1.21. The van der Waals surface area contributed by atoms with E-state index in [0.717, 1.165) is 5.75 Å². The number of thioether (sulfide) groups is 1. The van der Waals surface area contributed by atoms with Gasteiger partial charge in [-0.05, 0) is 43.1 Å². The average Bonchev–Trinajstić information content (AvgIpc) is 2.67. The first-order valence-corrected chi connectivity index (χ1v) is 12.4. The molecule has 0 saturated carbocycles. The second-order valence-corrected chi connectivity index (χ2v) is 9.70. The summed E-state index contributed by atoms with van der Waals surface area (Å²) < 4.78 is 0. The smallest absolute Gasteiger partial charge is 0.327 e. The lowest BCUT2D eigenvalue weighted by atomic mass is 9.99. The van der Waals surface area contributed by atoms with Crippen molar-refractivity contribution in [3.05, 3.63) is 0 Å². The van der Waals surface area contributed by atoms with Gasteiger partial charge in [0, 0.05) is 5.75 Å². The summed E-state index contributed by atoms with van der Waals surface area (Å²) in [5.74, 6) is -1.91. The quantitative estimate of drug-likeness (QED) is 0.189. The van der Waals surface area contributed by atoms with Crippen LogP contribution in [-0.2, 0) is 19.2 Å². The monoisotopic (exact) mass is 478 g/mol. The normalized spacial score (nSPS) is 15.1. The topological polar surface area (TPSA) is 151 Å². The zero-order valence-electron chi connectivity index (χ0n) is 19.0. The van der Waals surface area contributed by atoms with Crippen molar-refractivity contribution in [1.82, 2.24) is 16.0 Å². The average molecular weight is 479 g/mol. The van der Waals surface area contributed by atoms with Crippen molar-refractivity contribution in [2.75, 3.05) is 17.8 Å². The molecule has 0 spiro atoms. The van der Waals surface area contributed by atoms with Crippen molar-refractivity contribution in [2.45, 2.75) is 71.1 Å². The van der Waals surface area contributed by atoms with Crippen molar-refractivity contribution < 1.29 is 24.3 Å². The molecule has 9 nitrogen and oxygen atoms in total. The second-order valence-electron chi connectivity index (χ2n) is 8.35. The number of carboxylic acids is 1. The Bertz CT molecular complexity index is 604. The summed E-state index contributed by atoms with van der Waals surface area (Å²) >= 11 is 5.52. The highest BCUT2D eigenvalue weighted by molar-refractivity contribution is 7.98. The number of hydrogen-bond acceptors (Lipinski definition) is 7. The Morgan fingerprint density at radius 2 is 1.29 bits per heavy atom. The van der Waals surface area contributed by atoms with E-state index in [-0.39, 0.29) is 17.6 Å². The minimum Gasteiger partial charge on any atom is -0.480 e. The van der Waals surface area contributed by atoms with E-state index in [1.54, 1.807) is 11.8 Å². The Morgan fingerprint density at radius 1 is 0.871 bits per heavy atom. The number of carbonyl (C=O) groups excluding carboxylic acids is 3. The zero-order valence-corrected chi connectivity index (χ0v) is 20.7. The maximum absolute atomic E-state index is 13.0. The predicted octanol–water partition coefficient (Wildman–Crippen LogP) is 0.628. The third-order valence-electron chi connectivity index (χ3n) is 4.45. The SMILES string of the molecule is CSCCC(N)C(=O)NC(CC(C)C)C(=O)NC(CC(C)C)C(=O)NC(CS)C(=O)O. The van der Waals surface area contributed by atoms with E-state index >= 15 is 0 Å². The molecule has 0 bridgehead atoms. The number of thiol groups is 1. The molecule has 3 amide bonds. The Kier molecular flexibility index (Phi) is 14.6. The molecule has 4 unspecified atom stereocenters. The lowest BCUT2D eigenvalue weighted by Crippen LogP contribution is -2.57. The van der Waals surface area contributed by atoms with E-state index in [1.807, 2.05) is 34.0 Å². The van der Waals surface area contributed by atoms with Gasteiger partial charge in [-0.3, -0.25) is 14.4 Å². The first-order chi connectivity index (χ1) is 14.4. The molecule has 0 aliphatic carbocycles. The van der Waals surface area contributed by atoms with Gasteiger partial charge in [-0.25, -0.2) is 4.79 Å². The molecule has 0 aliphatic heterocycles. The van der Waals surface area contributed by atoms with Gasteiger partial charge in [0.1, 0.15) is 18.1 Å². The first kappa shape index (κ1) is 29.5. The van der Waals surface area contributed by atoms with Gasteiger partial charge in [0.05, 0.1) is 6.04 Å². The molecule has 11 heteroatoms. The van der Waals surface area contributed by atoms with Crippen molar-refractivity contribution in [3.8, 4) is 0 Å². The summed E-state index contributed by atoms with van der Waals surface area (Å²) in [5, 5.41) is 16.9. The van der Waals surface area contributed by atoms with Crippen LogP contribution in [0.4, 0.5) is 0 Å². The van der Waals surface area contributed by atoms with Gasteiger partial charge in [-0.15, -0.1) is 0 Å². The number of aliphatic carboxylic acids is 1. The summed E-state index contributed by atoms with van der Waals surface area (Å²) in [4.78, 5) is 49.2. The summed E-state index contributed by atoms with van der Waals surface area (Å²) in [5.41, 5.74) is 5.91. The maximum Gasteiger partial charge on any atom is 0.327 e. The summed E-state index contributed by atoms with van der Waals surface area (Å²) in [6.07, 6.45) is 3.09. The van der Waals surface area contributed by atoms with E-state index in [0.29, 0.717) is 19.3 Å². The molecule has 31 heavy (non-hydrogen) atoms. The van der Waals surface area contributed by atoms with Crippen LogP contribution in [0.3, 0.4) is 0 Å². The molecule has 0 aromatic carbocycles. The van der Waals surface area contributed by atoms with Crippen LogP contribution in [-0.4, -0.2) is 70.7 Å². The highest BCUT2D eigenvalue weighted by atomic mass is 32.2. The Hall–Kier alpha value is -1.46. The molecule has 0 heterocycles. The molecular formula is C20H38N4O5S2. The van der Waals surface area contributed by atoms with Crippen LogP contribution in [0.15, 0.2) is 0 Å².